The maximum absolute atomic E-state index is 13.1. The van der Waals surface area contributed by atoms with E-state index < -0.39 is 78.3 Å². The zero-order chi connectivity index (χ0) is 58.6. The second-order valence-corrected chi connectivity index (χ2v) is 22.7. The lowest BCUT2D eigenvalue weighted by Crippen LogP contribution is -2.86. The summed E-state index contributed by atoms with van der Waals surface area (Å²) in [6.45, 7) is 3.99. The summed E-state index contributed by atoms with van der Waals surface area (Å²) in [5.74, 6) is -7.92. The van der Waals surface area contributed by atoms with Crippen molar-refractivity contribution in [1.29, 1.82) is 0 Å². The van der Waals surface area contributed by atoms with Gasteiger partial charge in [0.25, 0.3) is 0 Å². The molecule has 81 heavy (non-hydrogen) atoms. The molecular weight excluding hydrogens is 1060 g/mol. The Bertz CT molecular complexity index is 2630. The minimum absolute atomic E-state index is 0.0280. The number of nitrogens with zero attached hydrogens (tertiary/aromatic N) is 8. The van der Waals surface area contributed by atoms with Crippen molar-refractivity contribution >= 4 is 59.7 Å². The van der Waals surface area contributed by atoms with Gasteiger partial charge in [0.1, 0.15) is 69.5 Å². The first kappa shape index (κ1) is 61.5. The Labute approximate surface area is 468 Å². The largest absolute Gasteiger partial charge is 0.483 e. The number of amides is 3. The molecule has 8 atom stereocenters. The highest BCUT2D eigenvalue weighted by molar-refractivity contribution is 5.86. The number of carbonyl (C=O) groups is 9. The molecule has 3 amide bonds. The predicted molar refractivity (Wildman–Crippen MR) is 284 cm³/mol. The second-order valence-electron chi connectivity index (χ2n) is 22.7. The van der Waals surface area contributed by atoms with Crippen molar-refractivity contribution in [2.45, 2.75) is 120 Å². The number of benzene rings is 1. The van der Waals surface area contributed by atoms with Crippen LogP contribution >= 0.6 is 0 Å². The Hall–Kier alpha value is -7.14. The Morgan fingerprint density at radius 2 is 1.11 bits per heavy atom. The molecule has 444 valence electrons. The van der Waals surface area contributed by atoms with Gasteiger partial charge in [-0.25, -0.2) is 38.5 Å². The predicted octanol–water partition coefficient (Wildman–Crippen LogP) is -0.316. The molecule has 1 aromatic carbocycles. The molecule has 28 nitrogen and oxygen atoms in total. The van der Waals surface area contributed by atoms with E-state index in [0.717, 1.165) is 69.4 Å². The van der Waals surface area contributed by atoms with Gasteiger partial charge in [-0.2, -0.15) is 9.97 Å². The number of hydrogen-bond acceptors (Lipinski definition) is 14. The summed E-state index contributed by atoms with van der Waals surface area (Å²) in [5.41, 5.74) is 1.83. The zero-order valence-electron chi connectivity index (χ0n) is 45.8. The number of carbonyl (C=O) groups excluding carboxylic acids is 2. The van der Waals surface area contributed by atoms with E-state index in [4.69, 9.17) is 20.1 Å². The first-order chi connectivity index (χ1) is 38.6. The number of rotatable bonds is 34. The Balaban J connectivity index is 0.901. The van der Waals surface area contributed by atoms with Crippen LogP contribution in [-0.2, 0) is 57.6 Å². The quantitative estimate of drug-likeness (QED) is 0.0316. The van der Waals surface area contributed by atoms with Gasteiger partial charge < -0.3 is 61.9 Å². The lowest BCUT2D eigenvalue weighted by atomic mass is 10.0. The number of quaternary nitrogens is 4. The number of carboxylic acids is 7. The molecular formula is C53H80N12O16+4. The number of carboxylic acid groups (broad SMARTS) is 7. The summed E-state index contributed by atoms with van der Waals surface area (Å²) in [6, 6.07) is 3.65. The third-order valence-electron chi connectivity index (χ3n) is 17.5. The van der Waals surface area contributed by atoms with Gasteiger partial charge in [-0.15, -0.1) is 17.9 Å². The molecule has 5 aliphatic rings. The van der Waals surface area contributed by atoms with Gasteiger partial charge in [0.2, 0.25) is 11.9 Å². The van der Waals surface area contributed by atoms with E-state index in [-0.39, 0.29) is 75.9 Å². The highest BCUT2D eigenvalue weighted by Crippen LogP contribution is 2.64. The number of unbranched alkanes of at least 4 members (excludes halogenated alkanes) is 6. The monoisotopic (exact) mass is 1140 g/mol. The van der Waals surface area contributed by atoms with Crippen LogP contribution in [0.4, 0.5) is 10.7 Å². The van der Waals surface area contributed by atoms with E-state index in [9.17, 15) is 73.8 Å². The Kier molecular flexibility index (Phi) is 20.2. The number of aromatic nitrogens is 3. The maximum atomic E-state index is 13.1. The minimum Gasteiger partial charge on any atom is -0.481 e. The fourth-order valence-corrected chi connectivity index (χ4v) is 14.5. The fraction of sp³-hybridized carbons (Fsp3) is 0.660. The van der Waals surface area contributed by atoms with Gasteiger partial charge in [0.05, 0.1) is 0 Å². The average Bonchev–Trinajstić information content (AvgIpc) is 2.40. The molecule has 5 fully saturated rings. The molecule has 3 unspecified atom stereocenters. The first-order valence-electron chi connectivity index (χ1n) is 28.2. The first-order valence-corrected chi connectivity index (χ1v) is 28.2. The average molecular weight is 1140 g/mol. The van der Waals surface area contributed by atoms with Gasteiger partial charge in [0.15, 0.2) is 32.2 Å². The van der Waals surface area contributed by atoms with E-state index in [1.54, 1.807) is 0 Å². The summed E-state index contributed by atoms with van der Waals surface area (Å²) in [4.78, 5) is 127. The molecule has 7 rings (SSSR count). The summed E-state index contributed by atoms with van der Waals surface area (Å²) in [5, 5.41) is 80.0. The summed E-state index contributed by atoms with van der Waals surface area (Å²) < 4.78 is -0.259. The Morgan fingerprint density at radius 1 is 0.580 bits per heavy atom. The van der Waals surface area contributed by atoms with E-state index in [1.165, 1.54) is 0 Å². The van der Waals surface area contributed by atoms with Crippen molar-refractivity contribution in [2.24, 2.45) is 0 Å². The highest BCUT2D eigenvalue weighted by Gasteiger charge is 3.01. The van der Waals surface area contributed by atoms with Gasteiger partial charge in [-0.05, 0) is 49.7 Å². The van der Waals surface area contributed by atoms with Gasteiger partial charge in [0, 0.05) is 64.8 Å². The lowest BCUT2D eigenvalue weighted by molar-refractivity contribution is -1.36. The van der Waals surface area contributed by atoms with Crippen molar-refractivity contribution in [3.8, 4) is 0 Å². The molecule has 2 aromatic rings. The standard InChI is InChI=1S/C53H76N12O16/c66-43(55-18-8-7-9-39(49(77)78)56-52(81)57-40(50(79)80)16-17-44(67)68)11-6-4-2-1-3-5-10-41-58-42(60-51(59-41)61-21-19-54-20-22-61)30-37-14-12-36(13-15-37)29-38-31-64(34-47(73)74)26-25-62(32-45(69)70)23-24-63(33-46(71)72)27-28-65(38,35-48(75)76)53(62,63)64/h12-15,38-40,54H,1-11,16-35H2,(H6-4,55,56,57,66,67,68,69,70,71,72,73,74,75,76,77,78,79,80,81)/p+4/t38?,39-,40-,53?,62?,63-,64+,65+/m0/s1. The van der Waals surface area contributed by atoms with Crippen LogP contribution in [0.2, 0.25) is 0 Å². The third-order valence-corrected chi connectivity index (χ3v) is 17.5. The molecule has 0 aliphatic carbocycles. The van der Waals surface area contributed by atoms with E-state index in [2.05, 4.69) is 26.2 Å². The van der Waals surface area contributed by atoms with Crippen LogP contribution in [0, 0.1) is 0 Å². The molecule has 0 radical (unpaired) electrons. The van der Waals surface area contributed by atoms with Gasteiger partial charge in [-0.3, -0.25) is 9.59 Å². The molecule has 1 aromatic heterocycles. The summed E-state index contributed by atoms with van der Waals surface area (Å²) in [6.07, 6.45) is 6.95. The number of anilines is 1. The molecule has 5 aliphatic heterocycles. The molecule has 5 saturated heterocycles. The normalized spacial score (nSPS) is 26.0. The number of hydrogen-bond donors (Lipinski definition) is 11. The van der Waals surface area contributed by atoms with Crippen molar-refractivity contribution in [3.63, 3.8) is 0 Å². The molecule has 28 heteroatoms. The van der Waals surface area contributed by atoms with Crippen LogP contribution in [0.3, 0.4) is 0 Å². The van der Waals surface area contributed by atoms with Crippen molar-refractivity contribution < 1.29 is 96.8 Å². The number of aliphatic carboxylic acids is 7. The topological polar surface area (TPSA) is 385 Å². The summed E-state index contributed by atoms with van der Waals surface area (Å²) >= 11 is 0. The van der Waals surface area contributed by atoms with E-state index in [0.29, 0.717) is 102 Å². The number of piperazine rings is 1. The smallest absolute Gasteiger partial charge is 0.481 e. The minimum atomic E-state index is -1.50. The highest BCUT2D eigenvalue weighted by atomic mass is 16.4. The zero-order valence-corrected chi connectivity index (χ0v) is 45.8. The maximum Gasteiger partial charge on any atom is 0.483 e. The van der Waals surface area contributed by atoms with Gasteiger partial charge >= 0.3 is 53.7 Å². The molecule has 0 saturated carbocycles. The number of nitrogens with one attached hydrogen (secondary N) is 4. The van der Waals surface area contributed by atoms with Gasteiger partial charge in [-0.1, -0.05) is 49.9 Å². The van der Waals surface area contributed by atoms with E-state index in [1.807, 2.05) is 24.3 Å². The van der Waals surface area contributed by atoms with Crippen LogP contribution in [0.15, 0.2) is 24.3 Å². The van der Waals surface area contributed by atoms with Crippen molar-refractivity contribution in [3.05, 3.63) is 47.0 Å². The molecule has 6 heterocycles. The molecule has 0 bridgehead atoms. The summed E-state index contributed by atoms with van der Waals surface area (Å²) in [7, 11) is 0. The third kappa shape index (κ3) is 13.8. The van der Waals surface area contributed by atoms with Crippen LogP contribution in [0.5, 0.6) is 0 Å². The SMILES string of the molecule is O=C(O)CC[C@H](NC(=O)N[C@@H](CCCCNC(=O)CCCCCCCCc1nc(Cc2ccc(CC3C[N@@+]4(CC(=O)O)CC[N+]5(CC(=O)O)CC[N@@+]6(CC(=O)O)CC[N@+]3(CC(=O)O)C564)cc2)nc(N2CCNCC2)n1)C(=O)O)C(=O)O. The van der Waals surface area contributed by atoms with Crippen molar-refractivity contribution in [1.82, 2.24) is 36.2 Å². The van der Waals surface area contributed by atoms with Crippen LogP contribution in [-0.4, -0.2) is 251 Å². The lowest BCUT2D eigenvalue weighted by Gasteiger charge is -2.50. The molecule has 1 spiro atoms. The van der Waals surface area contributed by atoms with Crippen LogP contribution in [0.25, 0.3) is 0 Å². The fourth-order valence-electron chi connectivity index (χ4n) is 14.5. The van der Waals surface area contributed by atoms with Crippen LogP contribution in [0.1, 0.15) is 99.8 Å². The second kappa shape index (κ2) is 26.6. The number of urea groups is 1. The number of aryl methyl sites for hydroxylation is 1. The Morgan fingerprint density at radius 3 is 1.70 bits per heavy atom. The molecule has 11 N–H and O–H groups in total. The van der Waals surface area contributed by atoms with Crippen LogP contribution < -0.4 is 26.2 Å². The van der Waals surface area contributed by atoms with E-state index >= 15 is 0 Å². The van der Waals surface area contributed by atoms with Crippen molar-refractivity contribution in [2.75, 3.05) is 110 Å².